The standard InChI is InChI=1S/C18H35N3O2.2ClH/c1-3-23-11-5-9-21-10-8-17(14(2)13-21)20-18(22)15-6-4-7-16(19)12-15;;/h14-17H,3-13,19H2,1-2H3,(H,20,22);2*1H. The van der Waals surface area contributed by atoms with Gasteiger partial charge in [0.2, 0.25) is 5.91 Å². The largest absolute Gasteiger partial charge is 0.382 e. The number of amides is 1. The van der Waals surface area contributed by atoms with E-state index in [1.165, 1.54) is 0 Å². The SMILES string of the molecule is CCOCCCN1CCC(NC(=O)C2CCCC(N)C2)C(C)C1.Cl.Cl. The third-order valence-corrected chi connectivity index (χ3v) is 5.37. The fraction of sp³-hybridized carbons (Fsp3) is 0.944. The summed E-state index contributed by atoms with van der Waals surface area (Å²) >= 11 is 0. The van der Waals surface area contributed by atoms with Gasteiger partial charge in [-0.2, -0.15) is 0 Å². The first kappa shape index (κ1) is 24.9. The first-order valence-corrected chi connectivity index (χ1v) is 9.46. The van der Waals surface area contributed by atoms with Gasteiger partial charge in [0, 0.05) is 50.8 Å². The van der Waals surface area contributed by atoms with Crippen molar-refractivity contribution in [3.63, 3.8) is 0 Å². The third kappa shape index (κ3) is 8.44. The Hall–Kier alpha value is -0.0700. The van der Waals surface area contributed by atoms with Gasteiger partial charge in [-0.3, -0.25) is 4.79 Å². The molecule has 25 heavy (non-hydrogen) atoms. The van der Waals surface area contributed by atoms with Crippen molar-refractivity contribution in [3.8, 4) is 0 Å². The van der Waals surface area contributed by atoms with E-state index in [-0.39, 0.29) is 42.7 Å². The number of carbonyl (C=O) groups is 1. The monoisotopic (exact) mass is 397 g/mol. The van der Waals surface area contributed by atoms with Crippen LogP contribution in [-0.4, -0.2) is 55.7 Å². The van der Waals surface area contributed by atoms with Crippen molar-refractivity contribution in [1.82, 2.24) is 10.2 Å². The highest BCUT2D eigenvalue weighted by Gasteiger charge is 2.31. The van der Waals surface area contributed by atoms with Crippen molar-refractivity contribution in [2.45, 2.75) is 64.5 Å². The molecule has 4 unspecified atom stereocenters. The summed E-state index contributed by atoms with van der Waals surface area (Å²) in [6.07, 6.45) is 6.17. The molecule has 0 radical (unpaired) electrons. The van der Waals surface area contributed by atoms with Crippen molar-refractivity contribution >= 4 is 30.7 Å². The van der Waals surface area contributed by atoms with Crippen LogP contribution in [0.3, 0.4) is 0 Å². The molecule has 0 aromatic carbocycles. The second-order valence-electron chi connectivity index (χ2n) is 7.36. The Bertz CT molecular complexity index is 374. The van der Waals surface area contributed by atoms with Gasteiger partial charge in [-0.15, -0.1) is 24.8 Å². The quantitative estimate of drug-likeness (QED) is 0.647. The van der Waals surface area contributed by atoms with Gasteiger partial charge in [0.25, 0.3) is 0 Å². The van der Waals surface area contributed by atoms with Crippen molar-refractivity contribution in [3.05, 3.63) is 0 Å². The van der Waals surface area contributed by atoms with Crippen LogP contribution in [0.2, 0.25) is 0 Å². The molecule has 0 bridgehead atoms. The van der Waals surface area contributed by atoms with Crippen LogP contribution < -0.4 is 11.1 Å². The van der Waals surface area contributed by atoms with Crippen LogP contribution in [0.15, 0.2) is 0 Å². The van der Waals surface area contributed by atoms with Crippen LogP contribution in [0.25, 0.3) is 0 Å². The van der Waals surface area contributed by atoms with Gasteiger partial charge < -0.3 is 20.7 Å². The Kier molecular flexibility index (Phi) is 13.1. The highest BCUT2D eigenvalue weighted by atomic mass is 35.5. The van der Waals surface area contributed by atoms with Crippen molar-refractivity contribution in [2.24, 2.45) is 17.6 Å². The first-order valence-electron chi connectivity index (χ1n) is 9.46. The number of rotatable bonds is 7. The van der Waals surface area contributed by atoms with E-state index in [9.17, 15) is 4.79 Å². The zero-order valence-electron chi connectivity index (χ0n) is 15.7. The van der Waals surface area contributed by atoms with Crippen molar-refractivity contribution in [1.29, 1.82) is 0 Å². The summed E-state index contributed by atoms with van der Waals surface area (Å²) in [4.78, 5) is 15.0. The van der Waals surface area contributed by atoms with Gasteiger partial charge in [-0.25, -0.2) is 0 Å². The van der Waals surface area contributed by atoms with E-state index in [1.807, 2.05) is 6.92 Å². The van der Waals surface area contributed by atoms with Gasteiger partial charge in [-0.1, -0.05) is 13.3 Å². The van der Waals surface area contributed by atoms with Crippen LogP contribution in [0.5, 0.6) is 0 Å². The summed E-state index contributed by atoms with van der Waals surface area (Å²) in [5, 5.41) is 3.31. The number of likely N-dealkylation sites (tertiary alicyclic amines) is 1. The molecule has 1 saturated heterocycles. The van der Waals surface area contributed by atoms with E-state index in [0.717, 1.165) is 71.4 Å². The lowest BCUT2D eigenvalue weighted by Gasteiger charge is -2.38. The van der Waals surface area contributed by atoms with Crippen LogP contribution in [-0.2, 0) is 9.53 Å². The number of hydrogen-bond acceptors (Lipinski definition) is 4. The highest BCUT2D eigenvalue weighted by molar-refractivity contribution is 5.85. The van der Waals surface area contributed by atoms with Crippen LogP contribution >= 0.6 is 24.8 Å². The molecule has 0 spiro atoms. The number of nitrogens with one attached hydrogen (secondary N) is 1. The fourth-order valence-electron chi connectivity index (χ4n) is 3.95. The summed E-state index contributed by atoms with van der Waals surface area (Å²) in [5.41, 5.74) is 6.01. The molecule has 2 aliphatic rings. The molecule has 3 N–H and O–H groups in total. The molecule has 0 aromatic heterocycles. The molecule has 1 amide bonds. The minimum Gasteiger partial charge on any atom is -0.382 e. The molecule has 1 aliphatic carbocycles. The minimum atomic E-state index is 0. The van der Waals surface area contributed by atoms with Crippen LogP contribution in [0, 0.1) is 11.8 Å². The zero-order valence-corrected chi connectivity index (χ0v) is 17.4. The van der Waals surface area contributed by atoms with Gasteiger partial charge in [-0.05, 0) is 44.9 Å². The van der Waals surface area contributed by atoms with Gasteiger partial charge in [0.05, 0.1) is 0 Å². The maximum Gasteiger partial charge on any atom is 0.223 e. The normalized spacial score (nSPS) is 30.0. The molecular weight excluding hydrogens is 361 g/mol. The van der Waals surface area contributed by atoms with E-state index in [2.05, 4.69) is 17.1 Å². The predicted octanol–water partition coefficient (Wildman–Crippen LogP) is 2.60. The van der Waals surface area contributed by atoms with Crippen molar-refractivity contribution < 1.29 is 9.53 Å². The summed E-state index contributed by atoms with van der Waals surface area (Å²) in [7, 11) is 0. The van der Waals surface area contributed by atoms with E-state index < -0.39 is 0 Å². The predicted molar refractivity (Wildman–Crippen MR) is 108 cm³/mol. The topological polar surface area (TPSA) is 67.6 Å². The Morgan fingerprint density at radius 3 is 2.68 bits per heavy atom. The average molecular weight is 398 g/mol. The van der Waals surface area contributed by atoms with Crippen molar-refractivity contribution in [2.75, 3.05) is 32.8 Å². The molecule has 2 rings (SSSR count). The Labute approximate surface area is 165 Å². The molecular formula is C18H37Cl2N3O2. The number of carbonyl (C=O) groups excluding carboxylic acids is 1. The molecule has 1 saturated carbocycles. The number of ether oxygens (including phenoxy) is 1. The Morgan fingerprint density at radius 1 is 1.28 bits per heavy atom. The number of nitrogens with zero attached hydrogens (tertiary/aromatic N) is 1. The van der Waals surface area contributed by atoms with Crippen LogP contribution in [0.1, 0.15) is 52.4 Å². The number of hydrogen-bond donors (Lipinski definition) is 2. The lowest BCUT2D eigenvalue weighted by Crippen LogP contribution is -2.52. The second kappa shape index (κ2) is 13.2. The summed E-state index contributed by atoms with van der Waals surface area (Å²) < 4.78 is 5.41. The Balaban J connectivity index is 0.00000288. The smallest absolute Gasteiger partial charge is 0.223 e. The molecule has 7 heteroatoms. The number of nitrogens with two attached hydrogens (primary N) is 1. The van der Waals surface area contributed by atoms with E-state index >= 15 is 0 Å². The maximum absolute atomic E-state index is 12.5. The van der Waals surface area contributed by atoms with Crippen LogP contribution in [0.4, 0.5) is 0 Å². The molecule has 1 heterocycles. The van der Waals surface area contributed by atoms with Gasteiger partial charge in [0.1, 0.15) is 0 Å². The van der Waals surface area contributed by atoms with E-state index in [1.54, 1.807) is 0 Å². The number of halogens is 2. The Morgan fingerprint density at radius 2 is 2.04 bits per heavy atom. The van der Waals surface area contributed by atoms with E-state index in [4.69, 9.17) is 10.5 Å². The average Bonchev–Trinajstić information content (AvgIpc) is 2.54. The maximum atomic E-state index is 12.5. The molecule has 4 atom stereocenters. The second-order valence-corrected chi connectivity index (χ2v) is 7.36. The van der Waals surface area contributed by atoms with E-state index in [0.29, 0.717) is 12.0 Å². The third-order valence-electron chi connectivity index (χ3n) is 5.37. The summed E-state index contributed by atoms with van der Waals surface area (Å²) in [6.45, 7) is 9.19. The molecule has 2 fully saturated rings. The summed E-state index contributed by atoms with van der Waals surface area (Å²) in [5.74, 6) is 0.883. The van der Waals surface area contributed by atoms with Gasteiger partial charge in [0.15, 0.2) is 0 Å². The fourth-order valence-corrected chi connectivity index (χ4v) is 3.95. The molecule has 1 aliphatic heterocycles. The lowest BCUT2D eigenvalue weighted by molar-refractivity contribution is -0.127. The highest BCUT2D eigenvalue weighted by Crippen LogP contribution is 2.24. The molecule has 0 aromatic rings. The molecule has 150 valence electrons. The zero-order chi connectivity index (χ0) is 16.7. The summed E-state index contributed by atoms with van der Waals surface area (Å²) in [6, 6.07) is 0.535. The molecule has 5 nitrogen and oxygen atoms in total. The number of piperidine rings is 1. The van der Waals surface area contributed by atoms with Gasteiger partial charge >= 0.3 is 0 Å². The first-order chi connectivity index (χ1) is 11.1. The lowest BCUT2D eigenvalue weighted by atomic mass is 9.84. The minimum absolute atomic E-state index is 0.